The lowest BCUT2D eigenvalue weighted by atomic mass is 9.72. The number of phenols is 2. The lowest BCUT2D eigenvalue weighted by Crippen LogP contribution is -2.59. The molecule has 2 aliphatic carbocycles. The Hall–Kier alpha value is -3.47. The van der Waals surface area contributed by atoms with Gasteiger partial charge in [0, 0.05) is 62.2 Å². The highest BCUT2D eigenvalue weighted by Crippen LogP contribution is 2.52. The van der Waals surface area contributed by atoms with Crippen molar-refractivity contribution in [3.63, 3.8) is 0 Å². The molecule has 0 amide bonds. The van der Waals surface area contributed by atoms with Gasteiger partial charge < -0.3 is 49.2 Å². The lowest BCUT2D eigenvalue weighted by molar-refractivity contribution is -0.266. The third kappa shape index (κ3) is 5.18. The maximum absolute atomic E-state index is 13.9. The predicted octanol–water partition coefficient (Wildman–Crippen LogP) is 0.347. The molecule has 7 atom stereocenters. The van der Waals surface area contributed by atoms with Crippen LogP contribution in [0.2, 0.25) is 0 Å². The van der Waals surface area contributed by atoms with Gasteiger partial charge in [-0.1, -0.05) is 12.1 Å². The number of phenolic OH excluding ortho intramolecular Hbond substituents is 2. The van der Waals surface area contributed by atoms with Gasteiger partial charge in [-0.15, -0.1) is 0 Å². The summed E-state index contributed by atoms with van der Waals surface area (Å²) in [5.74, 6) is -3.75. The van der Waals surface area contributed by atoms with Crippen LogP contribution >= 0.6 is 0 Å². The average Bonchev–Trinajstić information content (AvgIpc) is 3.05. The Labute approximate surface area is 264 Å². The van der Waals surface area contributed by atoms with Crippen molar-refractivity contribution in [3.05, 3.63) is 51.6 Å². The molecule has 2 fully saturated rings. The van der Waals surface area contributed by atoms with Crippen LogP contribution in [-0.4, -0.2) is 125 Å². The molecule has 2 heterocycles. The van der Waals surface area contributed by atoms with Gasteiger partial charge in [-0.25, -0.2) is 0 Å². The molecule has 0 bridgehead atoms. The summed E-state index contributed by atoms with van der Waals surface area (Å²) in [6, 6.07) is 3.93. The van der Waals surface area contributed by atoms with Crippen LogP contribution in [0.25, 0.3) is 0 Å². The molecule has 2 saturated heterocycles. The molecule has 248 valence electrons. The van der Waals surface area contributed by atoms with E-state index in [0.717, 1.165) is 0 Å². The molecule has 2 aromatic carbocycles. The van der Waals surface area contributed by atoms with Crippen LogP contribution < -0.4 is 4.74 Å². The summed E-state index contributed by atoms with van der Waals surface area (Å²) in [7, 11) is 2.85. The summed E-state index contributed by atoms with van der Waals surface area (Å²) in [5, 5.41) is 55.5. The third-order valence-electron chi connectivity index (χ3n) is 9.53. The van der Waals surface area contributed by atoms with E-state index >= 15 is 0 Å². The van der Waals surface area contributed by atoms with E-state index in [1.54, 1.807) is 6.92 Å². The van der Waals surface area contributed by atoms with Crippen molar-refractivity contribution in [2.75, 3.05) is 40.5 Å². The highest BCUT2D eigenvalue weighted by molar-refractivity contribution is 6.31. The third-order valence-corrected chi connectivity index (χ3v) is 9.53. The van der Waals surface area contributed by atoms with Gasteiger partial charge in [0.15, 0.2) is 24.1 Å². The van der Waals surface area contributed by atoms with Crippen LogP contribution in [-0.2, 0) is 30.2 Å². The van der Waals surface area contributed by atoms with E-state index in [4.69, 9.17) is 23.7 Å². The van der Waals surface area contributed by atoms with Gasteiger partial charge in [0.05, 0.1) is 48.7 Å². The average molecular weight is 644 g/mol. The predicted molar refractivity (Wildman–Crippen MR) is 156 cm³/mol. The molecule has 0 radical (unpaired) electrons. The molecule has 4 aliphatic rings. The van der Waals surface area contributed by atoms with E-state index in [1.807, 2.05) is 4.90 Å². The summed E-state index contributed by atoms with van der Waals surface area (Å²) in [5.41, 5.74) is -3.62. The first kappa shape index (κ1) is 32.5. The minimum absolute atomic E-state index is 0.0511. The van der Waals surface area contributed by atoms with Gasteiger partial charge in [0.25, 0.3) is 0 Å². The van der Waals surface area contributed by atoms with Gasteiger partial charge in [-0.3, -0.25) is 19.3 Å². The Morgan fingerprint density at radius 2 is 1.83 bits per heavy atom. The molecule has 2 aliphatic heterocycles. The number of morpholine rings is 1. The Morgan fingerprint density at radius 3 is 2.52 bits per heavy atom. The Kier molecular flexibility index (Phi) is 8.67. The standard InChI is InChI=1S/C32H37NO13/c1-14-27(36)17(33-7-8-44-22(12-33)43-3)9-21(45-14)46-19-11-32(41,20(35)13-34)10-16-24(19)31(40)26-25(29(16)38)28(37)15-5-4-6-18(42-2)23(15)30(26)39/h4-6,14,17,19,21-22,27,34,36,38,40-41H,7-13H2,1-3H3/t14-,17?,19-,21-,22+,27+,32-/m0/s1. The van der Waals surface area contributed by atoms with Gasteiger partial charge in [0.1, 0.15) is 29.5 Å². The highest BCUT2D eigenvalue weighted by atomic mass is 16.7. The van der Waals surface area contributed by atoms with E-state index in [-0.39, 0.29) is 34.4 Å². The molecule has 14 nitrogen and oxygen atoms in total. The monoisotopic (exact) mass is 643 g/mol. The maximum Gasteiger partial charge on any atom is 0.202 e. The number of Topliss-reactive ketones (excluding diaryl/α,β-unsaturated/α-hetero) is 1. The second kappa shape index (κ2) is 12.3. The Morgan fingerprint density at radius 1 is 1.09 bits per heavy atom. The molecule has 0 spiro atoms. The van der Waals surface area contributed by atoms with Crippen molar-refractivity contribution in [3.8, 4) is 17.2 Å². The van der Waals surface area contributed by atoms with E-state index < -0.39 is 102 Å². The number of benzene rings is 2. The van der Waals surface area contributed by atoms with E-state index in [2.05, 4.69) is 0 Å². The van der Waals surface area contributed by atoms with Gasteiger partial charge in [-0.2, -0.15) is 0 Å². The number of aliphatic hydroxyl groups excluding tert-OH is 2. The number of hydrogen-bond acceptors (Lipinski definition) is 14. The van der Waals surface area contributed by atoms with Gasteiger partial charge in [-0.05, 0) is 13.0 Å². The van der Waals surface area contributed by atoms with Crippen LogP contribution in [0.15, 0.2) is 18.2 Å². The van der Waals surface area contributed by atoms with Crippen molar-refractivity contribution in [2.24, 2.45) is 0 Å². The summed E-state index contributed by atoms with van der Waals surface area (Å²) in [6.07, 6.45) is -5.46. The molecule has 0 aromatic heterocycles. The molecule has 2 aromatic rings. The van der Waals surface area contributed by atoms with Crippen LogP contribution in [0.4, 0.5) is 0 Å². The Balaban J connectivity index is 1.43. The second-order valence-corrected chi connectivity index (χ2v) is 12.1. The molecule has 14 heteroatoms. The van der Waals surface area contributed by atoms with Crippen molar-refractivity contribution >= 4 is 17.3 Å². The first-order chi connectivity index (χ1) is 21.9. The number of nitrogens with zero attached hydrogens (tertiary/aromatic N) is 1. The quantitative estimate of drug-likeness (QED) is 0.221. The zero-order valence-electron chi connectivity index (χ0n) is 25.6. The zero-order chi connectivity index (χ0) is 33.1. The number of aromatic hydroxyl groups is 2. The van der Waals surface area contributed by atoms with Crippen molar-refractivity contribution in [1.29, 1.82) is 0 Å². The number of methoxy groups -OCH3 is 2. The molecular formula is C32H37NO13. The van der Waals surface area contributed by atoms with Gasteiger partial charge >= 0.3 is 0 Å². The number of hydrogen-bond donors (Lipinski definition) is 5. The number of rotatable bonds is 7. The van der Waals surface area contributed by atoms with Crippen LogP contribution in [0, 0.1) is 0 Å². The summed E-state index contributed by atoms with van der Waals surface area (Å²) < 4.78 is 28.6. The highest BCUT2D eigenvalue weighted by Gasteiger charge is 2.50. The number of carbonyl (C=O) groups excluding carboxylic acids is 3. The number of carbonyl (C=O) groups is 3. The minimum Gasteiger partial charge on any atom is -0.507 e. The number of fused-ring (bicyclic) bond motifs is 3. The van der Waals surface area contributed by atoms with Crippen LogP contribution in [0.5, 0.6) is 17.2 Å². The lowest BCUT2D eigenvalue weighted by Gasteiger charge is -2.47. The van der Waals surface area contributed by atoms with Crippen molar-refractivity contribution in [2.45, 2.75) is 68.7 Å². The van der Waals surface area contributed by atoms with E-state index in [1.165, 1.54) is 32.4 Å². The second-order valence-electron chi connectivity index (χ2n) is 12.1. The molecular weight excluding hydrogens is 606 g/mol. The summed E-state index contributed by atoms with van der Waals surface area (Å²) in [6.45, 7) is 1.88. The number of ketones is 3. The topological polar surface area (TPSA) is 202 Å². The smallest absolute Gasteiger partial charge is 0.202 e. The van der Waals surface area contributed by atoms with Crippen LogP contribution in [0.3, 0.4) is 0 Å². The molecule has 5 N–H and O–H groups in total. The first-order valence-corrected chi connectivity index (χ1v) is 15.0. The minimum atomic E-state index is -2.26. The first-order valence-electron chi connectivity index (χ1n) is 15.0. The molecule has 1 unspecified atom stereocenters. The maximum atomic E-state index is 13.9. The van der Waals surface area contributed by atoms with Crippen molar-refractivity contribution < 1.29 is 63.6 Å². The number of aliphatic hydroxyl groups is 3. The Bertz CT molecular complexity index is 1580. The summed E-state index contributed by atoms with van der Waals surface area (Å²) >= 11 is 0. The molecule has 46 heavy (non-hydrogen) atoms. The zero-order valence-corrected chi connectivity index (χ0v) is 25.6. The molecule has 6 rings (SSSR count). The normalized spacial score (nSPS) is 31.2. The largest absolute Gasteiger partial charge is 0.507 e. The van der Waals surface area contributed by atoms with Crippen LogP contribution in [0.1, 0.15) is 68.8 Å². The SMILES string of the molecule is COc1cccc2c1C(=O)c1c(O)c3c(c(O)c1C2=O)C[C@@](O)(C(=O)CO)C[C@@H]3O[C@H]1CC(N2CCO[C@@H](OC)C2)[C@H](O)[C@H](C)O1. The molecule has 0 saturated carbocycles. The summed E-state index contributed by atoms with van der Waals surface area (Å²) in [4.78, 5) is 42.4. The fourth-order valence-corrected chi connectivity index (χ4v) is 7.14. The van der Waals surface area contributed by atoms with Gasteiger partial charge in [0.2, 0.25) is 5.78 Å². The fraction of sp³-hybridized carbons (Fsp3) is 0.531. The van der Waals surface area contributed by atoms with E-state index in [9.17, 15) is 39.9 Å². The fourth-order valence-electron chi connectivity index (χ4n) is 7.14. The number of ether oxygens (including phenoxy) is 5. The van der Waals surface area contributed by atoms with E-state index in [0.29, 0.717) is 19.7 Å². The van der Waals surface area contributed by atoms with Crippen molar-refractivity contribution in [1.82, 2.24) is 4.90 Å².